The molecule has 2 unspecified atom stereocenters. The quantitative estimate of drug-likeness (QED) is 0.0466. The highest BCUT2D eigenvalue weighted by Crippen LogP contribution is 2.17. The fraction of sp³-hybridized carbons (Fsp3) is 0.729. The number of esters is 6. The highest BCUT2D eigenvalue weighted by Gasteiger charge is 2.31. The Morgan fingerprint density at radius 2 is 0.872 bits per heavy atom. The first-order valence-electron chi connectivity index (χ1n) is 29.0. The number of imidazole rings is 2. The molecule has 0 aromatic carbocycles. The Hall–Kier alpha value is -7.16. The van der Waals surface area contributed by atoms with Crippen LogP contribution in [0.1, 0.15) is 175 Å². The van der Waals surface area contributed by atoms with E-state index in [9.17, 15) is 47.9 Å². The molecule has 2 atom stereocenters. The average Bonchev–Trinajstić information content (AvgIpc) is 3.96. The molecule has 2 rings (SSSR count). The van der Waals surface area contributed by atoms with Gasteiger partial charge in [0.1, 0.15) is 97.1 Å². The lowest BCUT2D eigenvalue weighted by Crippen LogP contribution is -2.49. The van der Waals surface area contributed by atoms with Crippen molar-refractivity contribution in [2.75, 3.05) is 45.8 Å². The number of nitrogens with one attached hydrogen (secondary N) is 3. The van der Waals surface area contributed by atoms with Crippen molar-refractivity contribution in [3.05, 3.63) is 36.4 Å². The summed E-state index contributed by atoms with van der Waals surface area (Å²) in [6, 6.07) is -2.71. The minimum Gasteiger partial charge on any atom is -0.459 e. The van der Waals surface area contributed by atoms with Gasteiger partial charge in [-0.25, -0.2) is 19.6 Å². The molecule has 0 aliphatic heterocycles. The maximum atomic E-state index is 14.1. The van der Waals surface area contributed by atoms with Crippen molar-refractivity contribution in [1.82, 2.24) is 49.8 Å². The SMILES string of the molecule is CC(C)(C)OC(=O)CNC(=O)NC(CCCCNC(=O)C(N)CCCCN(Cc1nccn1CC(=O)N(CC(=O)OC(C)(C)C)CC(=O)OC(C)(C)C)Cc1nccn1CC(=O)N(CC(=O)OC(C)(C)C)CC(=O)OC(C)(C)C)C(=O)OC(C)(C)C. The molecule has 0 aliphatic carbocycles. The zero-order valence-corrected chi connectivity index (χ0v) is 54.2. The van der Waals surface area contributed by atoms with Crippen LogP contribution in [0.3, 0.4) is 0 Å². The second kappa shape index (κ2) is 33.1. The highest BCUT2D eigenvalue weighted by molar-refractivity contribution is 5.88. The van der Waals surface area contributed by atoms with Crippen LogP contribution >= 0.6 is 0 Å². The molecule has 27 nitrogen and oxygen atoms in total. The van der Waals surface area contributed by atoms with Gasteiger partial charge >= 0.3 is 41.8 Å². The number of carbonyl (C=O) groups excluding carboxylic acids is 10. The second-order valence-corrected chi connectivity index (χ2v) is 26.9. The molecular formula is C59H99N11O16. The van der Waals surface area contributed by atoms with Gasteiger partial charge in [0, 0.05) is 31.3 Å². The molecule has 0 radical (unpaired) electrons. The molecule has 0 saturated carbocycles. The standard InChI is InChI=1S/C59H99N11O16/c1-54(2,3)81-46(73)31-64-53(80)65-41(52(79)86-59(16,17)18)24-19-21-25-63-51(78)40(60)23-20-22-28-66(32-42-61-26-29-67(42)34-44(71)69(36-47(74)82-55(4,5)6)37-48(75)83-56(7,8)9)33-43-62-27-30-68(43)35-45(72)70(38-49(76)84-57(10,11)12)39-50(77)85-58(13,14)15/h26-27,29-30,40-41H,19-25,28,31-39,60H2,1-18H3,(H,63,78)(H2,64,65,80). The van der Waals surface area contributed by atoms with E-state index in [0.717, 1.165) is 9.80 Å². The van der Waals surface area contributed by atoms with Gasteiger partial charge in [-0.1, -0.05) is 6.42 Å². The van der Waals surface area contributed by atoms with Crippen LogP contribution < -0.4 is 21.7 Å². The van der Waals surface area contributed by atoms with Gasteiger partial charge < -0.3 is 69.0 Å². The van der Waals surface area contributed by atoms with E-state index >= 15 is 0 Å². The summed E-state index contributed by atoms with van der Waals surface area (Å²) in [4.78, 5) is 145. The van der Waals surface area contributed by atoms with Gasteiger partial charge in [0.2, 0.25) is 17.7 Å². The summed E-state index contributed by atoms with van der Waals surface area (Å²) in [6.07, 6.45) is 8.39. The molecule has 27 heteroatoms. The van der Waals surface area contributed by atoms with E-state index in [2.05, 4.69) is 25.9 Å². The topological polar surface area (TPSA) is 334 Å². The number of amides is 5. The van der Waals surface area contributed by atoms with Gasteiger partial charge in [0.25, 0.3) is 0 Å². The number of ether oxygens (including phenoxy) is 6. The van der Waals surface area contributed by atoms with Crippen molar-refractivity contribution in [1.29, 1.82) is 0 Å². The number of hydrogen-bond donors (Lipinski definition) is 4. The second-order valence-electron chi connectivity index (χ2n) is 26.9. The highest BCUT2D eigenvalue weighted by atomic mass is 16.6. The smallest absolute Gasteiger partial charge is 0.329 e. The molecule has 5 amide bonds. The van der Waals surface area contributed by atoms with E-state index in [1.165, 1.54) is 12.4 Å². The lowest BCUT2D eigenvalue weighted by atomic mass is 10.1. The molecule has 0 saturated heterocycles. The average molecular weight is 1220 g/mol. The normalized spacial score (nSPS) is 12.9. The van der Waals surface area contributed by atoms with Gasteiger partial charge in [-0.3, -0.25) is 43.3 Å². The van der Waals surface area contributed by atoms with Gasteiger partial charge in [0.05, 0.1) is 19.1 Å². The Bertz CT molecular complexity index is 2410. The third-order valence-electron chi connectivity index (χ3n) is 11.2. The number of aromatic nitrogens is 4. The number of nitrogens with two attached hydrogens (primary N) is 1. The van der Waals surface area contributed by atoms with E-state index < -0.39 is 138 Å². The van der Waals surface area contributed by atoms with Crippen LogP contribution in [-0.4, -0.2) is 185 Å². The molecule has 2 aromatic rings. The molecule has 2 heterocycles. The number of carbonyl (C=O) groups is 10. The van der Waals surface area contributed by atoms with Crippen molar-refractivity contribution >= 4 is 59.6 Å². The predicted molar refractivity (Wildman–Crippen MR) is 316 cm³/mol. The molecule has 486 valence electrons. The lowest BCUT2D eigenvalue weighted by molar-refractivity contribution is -0.165. The van der Waals surface area contributed by atoms with Crippen LogP contribution in [0.2, 0.25) is 0 Å². The van der Waals surface area contributed by atoms with E-state index in [1.54, 1.807) is 146 Å². The number of rotatable bonds is 31. The zero-order chi connectivity index (χ0) is 65.6. The van der Waals surface area contributed by atoms with Gasteiger partial charge in [-0.2, -0.15) is 0 Å². The fourth-order valence-electron chi connectivity index (χ4n) is 7.97. The van der Waals surface area contributed by atoms with Crippen LogP contribution in [0.5, 0.6) is 0 Å². The summed E-state index contributed by atoms with van der Waals surface area (Å²) in [5.74, 6) is -5.01. The van der Waals surface area contributed by atoms with Crippen LogP contribution in [0.15, 0.2) is 24.8 Å². The molecule has 0 spiro atoms. The molecule has 0 aliphatic rings. The molecule has 0 fully saturated rings. The number of urea groups is 1. The van der Waals surface area contributed by atoms with Crippen molar-refractivity contribution in [2.24, 2.45) is 5.73 Å². The van der Waals surface area contributed by atoms with Crippen LogP contribution in [0.4, 0.5) is 4.79 Å². The van der Waals surface area contributed by atoms with Crippen molar-refractivity contribution in [2.45, 2.75) is 235 Å². The van der Waals surface area contributed by atoms with Crippen LogP contribution in [-0.2, 0) is 97.8 Å². The Balaban J connectivity index is 2.33. The fourth-order valence-corrected chi connectivity index (χ4v) is 7.97. The lowest BCUT2D eigenvalue weighted by Gasteiger charge is -2.27. The summed E-state index contributed by atoms with van der Waals surface area (Å²) >= 11 is 0. The molecule has 0 bridgehead atoms. The number of hydrogen-bond acceptors (Lipinski definition) is 20. The Morgan fingerprint density at radius 3 is 1.26 bits per heavy atom. The van der Waals surface area contributed by atoms with Crippen LogP contribution in [0, 0.1) is 0 Å². The minimum absolute atomic E-state index is 0.107. The Kier molecular flexibility index (Phi) is 28.8. The third kappa shape index (κ3) is 33.5. The summed E-state index contributed by atoms with van der Waals surface area (Å²) in [5, 5.41) is 7.81. The van der Waals surface area contributed by atoms with Crippen LogP contribution in [0.25, 0.3) is 0 Å². The third-order valence-corrected chi connectivity index (χ3v) is 11.2. The summed E-state index contributed by atoms with van der Waals surface area (Å²) < 4.78 is 35.8. The van der Waals surface area contributed by atoms with Crippen molar-refractivity contribution < 1.29 is 76.4 Å². The molecule has 5 N–H and O–H groups in total. The largest absolute Gasteiger partial charge is 0.459 e. The predicted octanol–water partition coefficient (Wildman–Crippen LogP) is 4.24. The Morgan fingerprint density at radius 1 is 0.500 bits per heavy atom. The molecule has 86 heavy (non-hydrogen) atoms. The first kappa shape index (κ1) is 74.9. The van der Waals surface area contributed by atoms with Gasteiger partial charge in [-0.15, -0.1) is 0 Å². The Labute approximate surface area is 507 Å². The van der Waals surface area contributed by atoms with E-state index in [0.29, 0.717) is 43.9 Å². The minimum atomic E-state index is -1.05. The van der Waals surface area contributed by atoms with Gasteiger partial charge in [-0.05, 0) is 163 Å². The molecule has 2 aromatic heterocycles. The zero-order valence-electron chi connectivity index (χ0n) is 54.2. The van der Waals surface area contributed by atoms with Crippen molar-refractivity contribution in [3.63, 3.8) is 0 Å². The van der Waals surface area contributed by atoms with E-state index in [-0.39, 0.29) is 45.6 Å². The number of nitrogens with zero attached hydrogens (tertiary/aromatic N) is 7. The van der Waals surface area contributed by atoms with Gasteiger partial charge in [0.15, 0.2) is 0 Å². The monoisotopic (exact) mass is 1220 g/mol. The molecular weight excluding hydrogens is 1120 g/mol. The van der Waals surface area contributed by atoms with E-state index in [4.69, 9.17) is 34.2 Å². The summed E-state index contributed by atoms with van der Waals surface area (Å²) in [7, 11) is 0. The van der Waals surface area contributed by atoms with Crippen molar-refractivity contribution in [3.8, 4) is 0 Å². The summed E-state index contributed by atoms with van der Waals surface area (Å²) in [6.45, 7) is 27.9. The maximum Gasteiger partial charge on any atom is 0.329 e. The number of unbranched alkanes of at least 4 members (excludes halogenated alkanes) is 2. The maximum absolute atomic E-state index is 14.1. The summed E-state index contributed by atoms with van der Waals surface area (Å²) in [5.41, 5.74) is 1.32. The van der Waals surface area contributed by atoms with E-state index in [1.807, 2.05) is 4.90 Å². The first-order valence-corrected chi connectivity index (χ1v) is 29.0. The first-order chi connectivity index (χ1) is 39.4.